The third-order valence-corrected chi connectivity index (χ3v) is 9.72. The zero-order chi connectivity index (χ0) is 22.8. The minimum atomic E-state index is -3.79. The summed E-state index contributed by atoms with van der Waals surface area (Å²) < 4.78 is 64.1. The standard InChI is InChI=1S/C20H30FN3O5S2/c1-3-16(2)24(18-7-12-30(26,27)15-18)20(25)14-22-8-10-23(11-9-22)31(28,29)19-6-4-5-17(21)13-19/h4-6,13,16,18H,3,7-12,14-15H2,1-2H3/t16-,18+/m0/s1. The van der Waals surface area contributed by atoms with E-state index in [2.05, 4.69) is 0 Å². The van der Waals surface area contributed by atoms with Gasteiger partial charge in [-0.3, -0.25) is 9.69 Å². The second kappa shape index (κ2) is 9.51. The highest BCUT2D eigenvalue weighted by molar-refractivity contribution is 7.91. The van der Waals surface area contributed by atoms with E-state index < -0.39 is 25.7 Å². The predicted octanol–water partition coefficient (Wildman–Crippen LogP) is 0.946. The summed E-state index contributed by atoms with van der Waals surface area (Å²) in [5.41, 5.74) is 0. The maximum Gasteiger partial charge on any atom is 0.243 e. The second-order valence-corrected chi connectivity index (χ2v) is 12.4. The Morgan fingerprint density at radius 3 is 2.48 bits per heavy atom. The highest BCUT2D eigenvalue weighted by Crippen LogP contribution is 2.22. The average Bonchev–Trinajstić information content (AvgIpc) is 3.07. The van der Waals surface area contributed by atoms with Crippen molar-refractivity contribution >= 4 is 25.8 Å². The zero-order valence-electron chi connectivity index (χ0n) is 17.9. The Hall–Kier alpha value is -1.56. The lowest BCUT2D eigenvalue weighted by Gasteiger charge is -2.38. The summed E-state index contributed by atoms with van der Waals surface area (Å²) in [6, 6.07) is 4.56. The van der Waals surface area contributed by atoms with E-state index in [1.54, 1.807) is 4.90 Å². The molecular weight excluding hydrogens is 445 g/mol. The monoisotopic (exact) mass is 475 g/mol. The topological polar surface area (TPSA) is 95.1 Å². The minimum Gasteiger partial charge on any atom is -0.335 e. The van der Waals surface area contributed by atoms with Crippen LogP contribution in [-0.4, -0.2) is 93.2 Å². The third kappa shape index (κ3) is 5.63. The van der Waals surface area contributed by atoms with E-state index in [1.807, 2.05) is 18.7 Å². The van der Waals surface area contributed by atoms with Crippen LogP contribution in [-0.2, 0) is 24.7 Å². The number of benzene rings is 1. The van der Waals surface area contributed by atoms with E-state index in [0.717, 1.165) is 12.5 Å². The number of hydrogen-bond acceptors (Lipinski definition) is 6. The van der Waals surface area contributed by atoms with E-state index >= 15 is 0 Å². The second-order valence-electron chi connectivity index (χ2n) is 8.25. The van der Waals surface area contributed by atoms with Crippen LogP contribution in [0.2, 0.25) is 0 Å². The number of rotatable bonds is 7. The average molecular weight is 476 g/mol. The van der Waals surface area contributed by atoms with Gasteiger partial charge in [0.1, 0.15) is 5.82 Å². The Balaban J connectivity index is 1.62. The molecule has 0 saturated carbocycles. The van der Waals surface area contributed by atoms with Gasteiger partial charge in [-0.2, -0.15) is 4.31 Å². The van der Waals surface area contributed by atoms with Gasteiger partial charge in [0.05, 0.1) is 22.9 Å². The third-order valence-electron chi connectivity index (χ3n) is 6.08. The minimum absolute atomic E-state index is 0.00271. The van der Waals surface area contributed by atoms with Crippen molar-refractivity contribution in [3.8, 4) is 0 Å². The van der Waals surface area contributed by atoms with E-state index in [4.69, 9.17) is 0 Å². The van der Waals surface area contributed by atoms with Crippen molar-refractivity contribution in [2.75, 3.05) is 44.2 Å². The first kappa shape index (κ1) is 24.1. The van der Waals surface area contributed by atoms with Gasteiger partial charge < -0.3 is 4.90 Å². The number of sulfonamides is 1. The summed E-state index contributed by atoms with van der Waals surface area (Å²) in [6.07, 6.45) is 1.18. The number of carbonyl (C=O) groups is 1. The van der Waals surface area contributed by atoms with Gasteiger partial charge in [-0.05, 0) is 38.0 Å². The molecule has 11 heteroatoms. The van der Waals surface area contributed by atoms with Crippen LogP contribution >= 0.6 is 0 Å². The van der Waals surface area contributed by atoms with Gasteiger partial charge in [0.2, 0.25) is 15.9 Å². The van der Waals surface area contributed by atoms with E-state index in [1.165, 1.54) is 22.5 Å². The summed E-state index contributed by atoms with van der Waals surface area (Å²) in [5.74, 6) is -0.626. The number of halogens is 1. The molecule has 3 rings (SSSR count). The Morgan fingerprint density at radius 1 is 1.26 bits per heavy atom. The molecule has 1 amide bonds. The highest BCUT2D eigenvalue weighted by atomic mass is 32.2. The van der Waals surface area contributed by atoms with Crippen LogP contribution < -0.4 is 0 Å². The molecule has 2 saturated heterocycles. The molecule has 0 aromatic heterocycles. The largest absolute Gasteiger partial charge is 0.335 e. The van der Waals surface area contributed by atoms with Crippen LogP contribution in [0, 0.1) is 5.82 Å². The Morgan fingerprint density at radius 2 is 1.94 bits per heavy atom. The molecule has 2 aliphatic rings. The van der Waals surface area contributed by atoms with Crippen molar-refractivity contribution in [1.29, 1.82) is 0 Å². The quantitative estimate of drug-likeness (QED) is 0.583. The fourth-order valence-corrected chi connectivity index (χ4v) is 7.34. The molecule has 2 heterocycles. The lowest BCUT2D eigenvalue weighted by molar-refractivity contribution is -0.137. The summed E-state index contributed by atoms with van der Waals surface area (Å²) >= 11 is 0. The molecule has 8 nitrogen and oxygen atoms in total. The first-order valence-electron chi connectivity index (χ1n) is 10.5. The smallest absolute Gasteiger partial charge is 0.243 e. The van der Waals surface area contributed by atoms with Crippen molar-refractivity contribution in [3.63, 3.8) is 0 Å². The van der Waals surface area contributed by atoms with E-state index in [9.17, 15) is 26.0 Å². The molecule has 0 N–H and O–H groups in total. The van der Waals surface area contributed by atoms with E-state index in [-0.39, 0.29) is 54.0 Å². The van der Waals surface area contributed by atoms with Gasteiger partial charge in [-0.25, -0.2) is 21.2 Å². The number of piperazine rings is 1. The number of hydrogen-bond donors (Lipinski definition) is 0. The summed E-state index contributed by atoms with van der Waals surface area (Å²) in [6.45, 7) is 5.15. The van der Waals surface area contributed by atoms with Crippen molar-refractivity contribution < 1.29 is 26.0 Å². The number of nitrogens with zero attached hydrogens (tertiary/aromatic N) is 3. The maximum atomic E-state index is 13.4. The van der Waals surface area contributed by atoms with Crippen LogP contribution in [0.15, 0.2) is 29.2 Å². The molecule has 2 atom stereocenters. The molecule has 0 spiro atoms. The van der Waals surface area contributed by atoms with Gasteiger partial charge in [-0.1, -0.05) is 13.0 Å². The fourth-order valence-electron chi connectivity index (χ4n) is 4.18. The zero-order valence-corrected chi connectivity index (χ0v) is 19.5. The SMILES string of the molecule is CC[C@H](C)N(C(=O)CN1CCN(S(=O)(=O)c2cccc(F)c2)CC1)[C@@H]1CCS(=O)(=O)C1. The molecule has 0 radical (unpaired) electrons. The molecule has 1 aromatic rings. The molecule has 31 heavy (non-hydrogen) atoms. The maximum absolute atomic E-state index is 13.4. The van der Waals surface area contributed by atoms with Gasteiger partial charge in [0.15, 0.2) is 9.84 Å². The van der Waals surface area contributed by atoms with Crippen LogP contribution in [0.1, 0.15) is 26.7 Å². The highest BCUT2D eigenvalue weighted by Gasteiger charge is 2.37. The number of amides is 1. The van der Waals surface area contributed by atoms with Crippen molar-refractivity contribution in [3.05, 3.63) is 30.1 Å². The summed E-state index contributed by atoms with van der Waals surface area (Å²) in [4.78, 5) is 16.6. The van der Waals surface area contributed by atoms with Gasteiger partial charge in [-0.15, -0.1) is 0 Å². The van der Waals surface area contributed by atoms with Crippen LogP contribution in [0.3, 0.4) is 0 Å². The Bertz CT molecular complexity index is 1010. The van der Waals surface area contributed by atoms with Gasteiger partial charge in [0, 0.05) is 38.3 Å². The first-order valence-corrected chi connectivity index (χ1v) is 13.8. The molecule has 0 aliphatic carbocycles. The lowest BCUT2D eigenvalue weighted by atomic mass is 10.1. The summed E-state index contributed by atoms with van der Waals surface area (Å²) in [7, 11) is -6.90. The molecule has 0 unspecified atom stereocenters. The fraction of sp³-hybridized carbons (Fsp3) is 0.650. The first-order chi connectivity index (χ1) is 14.5. The molecule has 174 valence electrons. The molecule has 0 bridgehead atoms. The van der Waals surface area contributed by atoms with Gasteiger partial charge >= 0.3 is 0 Å². The lowest BCUT2D eigenvalue weighted by Crippen LogP contribution is -2.54. The molecular formula is C20H30FN3O5S2. The van der Waals surface area contributed by atoms with Crippen molar-refractivity contribution in [2.45, 2.75) is 43.7 Å². The Labute approximate surface area is 184 Å². The molecule has 2 aliphatic heterocycles. The molecule has 2 fully saturated rings. The van der Waals surface area contributed by atoms with E-state index in [0.29, 0.717) is 19.5 Å². The van der Waals surface area contributed by atoms with Crippen molar-refractivity contribution in [2.24, 2.45) is 0 Å². The van der Waals surface area contributed by atoms with Crippen LogP contribution in [0.5, 0.6) is 0 Å². The number of sulfone groups is 1. The Kier molecular flexibility index (Phi) is 7.39. The predicted molar refractivity (Wildman–Crippen MR) is 115 cm³/mol. The molecule has 1 aromatic carbocycles. The van der Waals surface area contributed by atoms with Crippen LogP contribution in [0.25, 0.3) is 0 Å². The number of carbonyl (C=O) groups excluding carboxylic acids is 1. The van der Waals surface area contributed by atoms with Gasteiger partial charge in [0.25, 0.3) is 0 Å². The van der Waals surface area contributed by atoms with Crippen LogP contribution in [0.4, 0.5) is 4.39 Å². The summed E-state index contributed by atoms with van der Waals surface area (Å²) in [5, 5.41) is 0. The normalized spacial score (nSPS) is 23.5. The van der Waals surface area contributed by atoms with Crippen molar-refractivity contribution in [1.82, 2.24) is 14.1 Å².